The van der Waals surface area contributed by atoms with Crippen molar-refractivity contribution < 1.29 is 9.90 Å². The van der Waals surface area contributed by atoms with Crippen molar-refractivity contribution in [3.05, 3.63) is 20.8 Å². The summed E-state index contributed by atoms with van der Waals surface area (Å²) in [6.45, 7) is 0.613. The molecule has 0 amide bonds. The Hall–Kier alpha value is -0.390. The molecule has 5 heteroatoms. The number of carboxylic acid groups (broad SMARTS) is 1. The predicted octanol–water partition coefficient (Wildman–Crippen LogP) is 1.68. The molecule has 0 bridgehead atoms. The van der Waals surface area contributed by atoms with Gasteiger partial charge in [0.2, 0.25) is 0 Å². The lowest BCUT2D eigenvalue weighted by Crippen LogP contribution is -2.21. The lowest BCUT2D eigenvalue weighted by Gasteiger charge is -1.97. The van der Waals surface area contributed by atoms with Crippen molar-refractivity contribution in [2.75, 3.05) is 6.54 Å². The summed E-state index contributed by atoms with van der Waals surface area (Å²) in [5.74, 6) is -0.829. The van der Waals surface area contributed by atoms with Crippen LogP contribution in [0.25, 0.3) is 0 Å². The van der Waals surface area contributed by atoms with Crippen LogP contribution < -0.4 is 5.32 Å². The number of aliphatic carboxylic acids is 1. The van der Waals surface area contributed by atoms with Gasteiger partial charge in [-0.2, -0.15) is 0 Å². The molecular formula is C7H8BrNO2S. The number of carboxylic acids is 1. The van der Waals surface area contributed by atoms with Crippen LogP contribution in [0.5, 0.6) is 0 Å². The molecule has 0 fully saturated rings. The molecule has 0 spiro atoms. The second-order valence-electron chi connectivity index (χ2n) is 2.26. The van der Waals surface area contributed by atoms with E-state index in [9.17, 15) is 4.79 Å². The average molecular weight is 250 g/mol. The van der Waals surface area contributed by atoms with Crippen molar-refractivity contribution in [2.45, 2.75) is 6.54 Å². The summed E-state index contributed by atoms with van der Waals surface area (Å²) in [7, 11) is 0. The highest BCUT2D eigenvalue weighted by molar-refractivity contribution is 9.11. The molecule has 1 aromatic heterocycles. The Kier molecular flexibility index (Phi) is 3.71. The summed E-state index contributed by atoms with van der Waals surface area (Å²) >= 11 is 4.92. The molecule has 0 atom stereocenters. The second kappa shape index (κ2) is 4.59. The Balaban J connectivity index is 2.29. The average Bonchev–Trinajstić information content (AvgIpc) is 2.35. The molecule has 1 heterocycles. The van der Waals surface area contributed by atoms with Gasteiger partial charge >= 0.3 is 5.97 Å². The highest BCUT2D eigenvalue weighted by Crippen LogP contribution is 2.20. The first-order chi connectivity index (χ1) is 5.68. The summed E-state index contributed by atoms with van der Waals surface area (Å²) in [5, 5.41) is 13.1. The van der Waals surface area contributed by atoms with Gasteiger partial charge in [0.15, 0.2) is 0 Å². The van der Waals surface area contributed by atoms with E-state index in [2.05, 4.69) is 21.2 Å². The first kappa shape index (κ1) is 9.70. The van der Waals surface area contributed by atoms with Gasteiger partial charge in [-0.1, -0.05) is 0 Å². The zero-order valence-corrected chi connectivity index (χ0v) is 8.61. The number of nitrogens with one attached hydrogen (secondary N) is 1. The van der Waals surface area contributed by atoms with Crippen LogP contribution in [0, 0.1) is 0 Å². The lowest BCUT2D eigenvalue weighted by atomic mass is 10.3. The van der Waals surface area contributed by atoms with Gasteiger partial charge in [-0.15, -0.1) is 11.3 Å². The molecule has 1 rings (SSSR count). The summed E-state index contributed by atoms with van der Waals surface area (Å²) in [6, 6.07) is 1.97. The zero-order chi connectivity index (χ0) is 8.97. The van der Waals surface area contributed by atoms with E-state index in [4.69, 9.17) is 5.11 Å². The van der Waals surface area contributed by atoms with Crippen molar-refractivity contribution in [2.24, 2.45) is 0 Å². The molecule has 0 aliphatic rings. The van der Waals surface area contributed by atoms with E-state index in [1.165, 1.54) is 0 Å². The van der Waals surface area contributed by atoms with Crippen molar-refractivity contribution in [1.82, 2.24) is 5.32 Å². The fraction of sp³-hybridized carbons (Fsp3) is 0.286. The van der Waals surface area contributed by atoms with E-state index in [-0.39, 0.29) is 6.54 Å². The molecule has 1 aromatic rings. The number of hydrogen-bond donors (Lipinski definition) is 2. The van der Waals surface area contributed by atoms with Gasteiger partial charge in [0.1, 0.15) is 0 Å². The topological polar surface area (TPSA) is 49.3 Å². The van der Waals surface area contributed by atoms with Gasteiger partial charge in [-0.05, 0) is 32.9 Å². The maximum Gasteiger partial charge on any atom is 0.317 e. The Labute approximate surface area is 82.5 Å². The Bertz CT molecular complexity index is 274. The fourth-order valence-electron chi connectivity index (χ4n) is 0.752. The maximum atomic E-state index is 10.1. The minimum absolute atomic E-state index is 0.00741. The first-order valence-electron chi connectivity index (χ1n) is 3.34. The molecule has 0 aliphatic heterocycles. The molecular weight excluding hydrogens is 242 g/mol. The molecule has 0 aromatic carbocycles. The predicted molar refractivity (Wildman–Crippen MR) is 51.4 cm³/mol. The minimum Gasteiger partial charge on any atom is -0.480 e. The molecule has 0 aliphatic carbocycles. The van der Waals surface area contributed by atoms with Gasteiger partial charge in [-0.25, -0.2) is 0 Å². The van der Waals surface area contributed by atoms with Crippen molar-refractivity contribution in [3.8, 4) is 0 Å². The zero-order valence-electron chi connectivity index (χ0n) is 6.21. The SMILES string of the molecule is O=C(O)CNCc1csc(Br)c1. The molecule has 12 heavy (non-hydrogen) atoms. The normalized spacial score (nSPS) is 10.1. The molecule has 0 saturated heterocycles. The van der Waals surface area contributed by atoms with E-state index < -0.39 is 5.97 Å². The highest BCUT2D eigenvalue weighted by atomic mass is 79.9. The quantitative estimate of drug-likeness (QED) is 0.854. The Morgan fingerprint density at radius 2 is 2.50 bits per heavy atom. The van der Waals surface area contributed by atoms with Crippen LogP contribution in [0.3, 0.4) is 0 Å². The fourth-order valence-corrected chi connectivity index (χ4v) is 1.96. The Morgan fingerprint density at radius 3 is 3.00 bits per heavy atom. The van der Waals surface area contributed by atoms with Crippen LogP contribution in [0.1, 0.15) is 5.56 Å². The largest absolute Gasteiger partial charge is 0.480 e. The van der Waals surface area contributed by atoms with Gasteiger partial charge in [-0.3, -0.25) is 4.79 Å². The molecule has 2 N–H and O–H groups in total. The van der Waals surface area contributed by atoms with Crippen LogP contribution in [-0.2, 0) is 11.3 Å². The lowest BCUT2D eigenvalue weighted by molar-refractivity contribution is -0.135. The summed E-state index contributed by atoms with van der Waals surface area (Å²) in [4.78, 5) is 10.1. The van der Waals surface area contributed by atoms with Crippen molar-refractivity contribution >= 4 is 33.2 Å². The van der Waals surface area contributed by atoms with Gasteiger partial charge in [0, 0.05) is 6.54 Å². The van der Waals surface area contributed by atoms with Crippen LogP contribution in [0.2, 0.25) is 0 Å². The number of hydrogen-bond acceptors (Lipinski definition) is 3. The van der Waals surface area contributed by atoms with Crippen LogP contribution in [0.15, 0.2) is 15.2 Å². The molecule has 3 nitrogen and oxygen atoms in total. The molecule has 0 unspecified atom stereocenters. The highest BCUT2D eigenvalue weighted by Gasteiger charge is 1.98. The molecule has 0 radical (unpaired) electrons. The smallest absolute Gasteiger partial charge is 0.317 e. The number of halogens is 1. The third kappa shape index (κ3) is 3.34. The Morgan fingerprint density at radius 1 is 1.75 bits per heavy atom. The minimum atomic E-state index is -0.829. The van der Waals surface area contributed by atoms with E-state index in [1.807, 2.05) is 11.4 Å². The monoisotopic (exact) mass is 249 g/mol. The summed E-state index contributed by atoms with van der Waals surface area (Å²) < 4.78 is 1.06. The van der Waals surface area contributed by atoms with Gasteiger partial charge in [0.05, 0.1) is 10.3 Å². The van der Waals surface area contributed by atoms with Crippen LogP contribution in [0.4, 0.5) is 0 Å². The van der Waals surface area contributed by atoms with Crippen LogP contribution >= 0.6 is 27.3 Å². The maximum absolute atomic E-state index is 10.1. The van der Waals surface area contributed by atoms with Crippen molar-refractivity contribution in [3.63, 3.8) is 0 Å². The van der Waals surface area contributed by atoms with E-state index in [0.29, 0.717) is 6.54 Å². The number of rotatable bonds is 4. The number of thiophene rings is 1. The van der Waals surface area contributed by atoms with Gasteiger partial charge in [0.25, 0.3) is 0 Å². The second-order valence-corrected chi connectivity index (χ2v) is 4.55. The first-order valence-corrected chi connectivity index (χ1v) is 5.01. The van der Waals surface area contributed by atoms with E-state index in [0.717, 1.165) is 9.35 Å². The van der Waals surface area contributed by atoms with E-state index in [1.54, 1.807) is 11.3 Å². The summed E-state index contributed by atoms with van der Waals surface area (Å²) in [5.41, 5.74) is 1.10. The summed E-state index contributed by atoms with van der Waals surface area (Å²) in [6.07, 6.45) is 0. The molecule has 66 valence electrons. The van der Waals surface area contributed by atoms with Crippen molar-refractivity contribution in [1.29, 1.82) is 0 Å². The standard InChI is InChI=1S/C7H8BrNO2S/c8-6-1-5(4-12-6)2-9-3-7(10)11/h1,4,9H,2-3H2,(H,10,11). The van der Waals surface area contributed by atoms with E-state index >= 15 is 0 Å². The number of carbonyl (C=O) groups is 1. The third-order valence-electron chi connectivity index (χ3n) is 1.23. The van der Waals surface area contributed by atoms with Gasteiger partial charge < -0.3 is 10.4 Å². The van der Waals surface area contributed by atoms with Crippen LogP contribution in [-0.4, -0.2) is 17.6 Å². The molecule has 0 saturated carbocycles. The third-order valence-corrected chi connectivity index (χ3v) is 2.78.